The smallest absolute Gasteiger partial charge is 0.275 e. The van der Waals surface area contributed by atoms with E-state index in [1.165, 1.54) is 0 Å². The molecule has 1 heterocycles. The van der Waals surface area contributed by atoms with Gasteiger partial charge in [0.05, 0.1) is 10.9 Å². The van der Waals surface area contributed by atoms with Gasteiger partial charge in [0.1, 0.15) is 0 Å². The van der Waals surface area contributed by atoms with E-state index in [2.05, 4.69) is 10.4 Å². The van der Waals surface area contributed by atoms with Crippen LogP contribution in [0.5, 0.6) is 0 Å². The third-order valence-electron chi connectivity index (χ3n) is 4.06. The molecule has 0 aliphatic heterocycles. The van der Waals surface area contributed by atoms with Gasteiger partial charge in [0.15, 0.2) is 5.69 Å². The lowest BCUT2D eigenvalue weighted by Crippen LogP contribution is -2.33. The van der Waals surface area contributed by atoms with Gasteiger partial charge in [0.2, 0.25) is 5.43 Å². The molecule has 5 nitrogen and oxygen atoms in total. The Morgan fingerprint density at radius 2 is 2.00 bits per heavy atom. The van der Waals surface area contributed by atoms with Crippen LogP contribution in [0.1, 0.15) is 21.6 Å². The summed E-state index contributed by atoms with van der Waals surface area (Å²) in [4.78, 5) is 25.0. The van der Waals surface area contributed by atoms with E-state index in [1.807, 2.05) is 43.3 Å². The molecule has 0 atom stereocenters. The van der Waals surface area contributed by atoms with Crippen LogP contribution in [0.3, 0.4) is 0 Å². The van der Waals surface area contributed by atoms with E-state index in [0.717, 1.165) is 11.1 Å². The van der Waals surface area contributed by atoms with E-state index >= 15 is 0 Å². The van der Waals surface area contributed by atoms with Crippen molar-refractivity contribution in [1.29, 1.82) is 0 Å². The van der Waals surface area contributed by atoms with Gasteiger partial charge in [0.25, 0.3) is 5.91 Å². The number of aromatic nitrogens is 2. The third-order valence-corrected chi connectivity index (χ3v) is 4.43. The third kappa shape index (κ3) is 3.56. The van der Waals surface area contributed by atoms with Gasteiger partial charge in [-0.15, -0.1) is 0 Å². The normalized spacial score (nSPS) is 10.8. The first-order valence-electron chi connectivity index (χ1n) is 7.96. The quantitative estimate of drug-likeness (QED) is 0.782. The number of carbonyl (C=O) groups is 1. The molecule has 0 aliphatic carbocycles. The minimum absolute atomic E-state index is 0.0974. The monoisotopic (exact) mass is 355 g/mol. The second-order valence-electron chi connectivity index (χ2n) is 5.92. The molecule has 128 valence electrons. The lowest BCUT2D eigenvalue weighted by Gasteiger charge is -2.09. The van der Waals surface area contributed by atoms with Gasteiger partial charge in [-0.05, 0) is 37.1 Å². The molecule has 1 aromatic heterocycles. The van der Waals surface area contributed by atoms with E-state index in [1.54, 1.807) is 17.8 Å². The number of hydrogen-bond acceptors (Lipinski definition) is 3. The summed E-state index contributed by atoms with van der Waals surface area (Å²) in [7, 11) is 1.72. The number of halogens is 1. The summed E-state index contributed by atoms with van der Waals surface area (Å²) < 4.78 is 1.55. The van der Waals surface area contributed by atoms with Crippen LogP contribution in [-0.2, 0) is 13.5 Å². The van der Waals surface area contributed by atoms with Crippen molar-refractivity contribution in [3.63, 3.8) is 0 Å². The Morgan fingerprint density at radius 1 is 1.24 bits per heavy atom. The zero-order valence-electron chi connectivity index (χ0n) is 14.0. The van der Waals surface area contributed by atoms with Crippen molar-refractivity contribution >= 4 is 28.4 Å². The molecule has 0 aliphatic rings. The van der Waals surface area contributed by atoms with Crippen molar-refractivity contribution in [1.82, 2.24) is 15.1 Å². The van der Waals surface area contributed by atoms with E-state index in [0.29, 0.717) is 28.9 Å². The average molecular weight is 356 g/mol. The Bertz CT molecular complexity index is 1010. The molecular weight excluding hydrogens is 338 g/mol. The standard InChI is InChI=1S/C19H18ClN3O2/c1-12-7-8-16-14(11-12)18(24)17(22-23(16)2)19(25)21-10-9-13-5-3-4-6-15(13)20/h3-8,11H,9-10H2,1-2H3,(H,21,25). The summed E-state index contributed by atoms with van der Waals surface area (Å²) in [5, 5.41) is 8.04. The number of nitrogens with one attached hydrogen (secondary N) is 1. The van der Waals surface area contributed by atoms with Crippen LogP contribution >= 0.6 is 11.6 Å². The molecule has 0 bridgehead atoms. The highest BCUT2D eigenvalue weighted by Gasteiger charge is 2.16. The molecule has 0 fully saturated rings. The number of aryl methyl sites for hydroxylation is 2. The summed E-state index contributed by atoms with van der Waals surface area (Å²) in [5.41, 5.74) is 2.15. The Kier molecular flexibility index (Phi) is 4.86. The van der Waals surface area contributed by atoms with Gasteiger partial charge in [-0.3, -0.25) is 14.3 Å². The number of hydrogen-bond donors (Lipinski definition) is 1. The summed E-state index contributed by atoms with van der Waals surface area (Å²) in [6.07, 6.45) is 0.582. The van der Waals surface area contributed by atoms with E-state index < -0.39 is 5.91 Å². The first-order chi connectivity index (χ1) is 12.0. The molecule has 0 saturated carbocycles. The van der Waals surface area contributed by atoms with Crippen molar-refractivity contribution in [2.45, 2.75) is 13.3 Å². The maximum atomic E-state index is 12.6. The van der Waals surface area contributed by atoms with Crippen LogP contribution in [-0.4, -0.2) is 22.2 Å². The molecule has 1 amide bonds. The van der Waals surface area contributed by atoms with Crippen molar-refractivity contribution in [3.8, 4) is 0 Å². The number of nitrogens with zero attached hydrogens (tertiary/aromatic N) is 2. The predicted molar refractivity (Wildman–Crippen MR) is 99.2 cm³/mol. The van der Waals surface area contributed by atoms with Crippen LogP contribution in [0.4, 0.5) is 0 Å². The average Bonchev–Trinajstić information content (AvgIpc) is 2.59. The fourth-order valence-corrected chi connectivity index (χ4v) is 2.97. The first-order valence-corrected chi connectivity index (χ1v) is 8.34. The second kappa shape index (κ2) is 7.07. The van der Waals surface area contributed by atoms with Gasteiger partial charge < -0.3 is 5.32 Å². The maximum absolute atomic E-state index is 12.6. The van der Waals surface area contributed by atoms with Crippen molar-refractivity contribution in [3.05, 3.63) is 74.5 Å². The van der Waals surface area contributed by atoms with Gasteiger partial charge >= 0.3 is 0 Å². The van der Waals surface area contributed by atoms with E-state index in [9.17, 15) is 9.59 Å². The number of amides is 1. The second-order valence-corrected chi connectivity index (χ2v) is 6.33. The fraction of sp³-hybridized carbons (Fsp3) is 0.211. The minimum Gasteiger partial charge on any atom is -0.350 e. The minimum atomic E-state index is -0.476. The van der Waals surface area contributed by atoms with Crippen LogP contribution in [0.2, 0.25) is 5.02 Å². The van der Waals surface area contributed by atoms with E-state index in [-0.39, 0.29) is 11.1 Å². The highest BCUT2D eigenvalue weighted by Crippen LogP contribution is 2.15. The number of benzene rings is 2. The molecule has 25 heavy (non-hydrogen) atoms. The number of rotatable bonds is 4. The summed E-state index contributed by atoms with van der Waals surface area (Å²) in [5.74, 6) is -0.476. The number of fused-ring (bicyclic) bond motifs is 1. The predicted octanol–water partition coefficient (Wildman–Crippen LogP) is 2.87. The van der Waals surface area contributed by atoms with Gasteiger partial charge in [-0.1, -0.05) is 41.4 Å². The summed E-state index contributed by atoms with van der Waals surface area (Å²) in [6.45, 7) is 2.28. The van der Waals surface area contributed by atoms with Crippen LogP contribution in [0.25, 0.3) is 10.9 Å². The highest BCUT2D eigenvalue weighted by atomic mass is 35.5. The Balaban J connectivity index is 1.82. The van der Waals surface area contributed by atoms with Crippen LogP contribution in [0.15, 0.2) is 47.3 Å². The van der Waals surface area contributed by atoms with E-state index in [4.69, 9.17) is 11.6 Å². The molecule has 2 aromatic carbocycles. The lowest BCUT2D eigenvalue weighted by molar-refractivity contribution is 0.0946. The molecule has 3 aromatic rings. The van der Waals surface area contributed by atoms with Gasteiger partial charge in [-0.2, -0.15) is 5.10 Å². The topological polar surface area (TPSA) is 64.0 Å². The molecule has 1 N–H and O–H groups in total. The van der Waals surface area contributed by atoms with Crippen molar-refractivity contribution in [2.75, 3.05) is 6.54 Å². The molecule has 0 saturated heterocycles. The van der Waals surface area contributed by atoms with Crippen molar-refractivity contribution in [2.24, 2.45) is 7.05 Å². The summed E-state index contributed by atoms with van der Waals surface area (Å²) >= 11 is 6.10. The first kappa shape index (κ1) is 17.2. The molecular formula is C19H18ClN3O2. The Hall–Kier alpha value is -2.66. The zero-order valence-corrected chi connectivity index (χ0v) is 14.8. The lowest BCUT2D eigenvalue weighted by atomic mass is 10.1. The van der Waals surface area contributed by atoms with Gasteiger partial charge in [0, 0.05) is 18.6 Å². The number of carbonyl (C=O) groups excluding carboxylic acids is 1. The molecule has 0 unspecified atom stereocenters. The molecule has 0 radical (unpaired) electrons. The molecule has 3 rings (SSSR count). The maximum Gasteiger partial charge on any atom is 0.275 e. The molecule has 0 spiro atoms. The van der Waals surface area contributed by atoms with Crippen LogP contribution < -0.4 is 10.7 Å². The molecule has 6 heteroatoms. The summed E-state index contributed by atoms with van der Waals surface area (Å²) in [6, 6.07) is 13.0. The Morgan fingerprint density at radius 3 is 2.76 bits per heavy atom. The van der Waals surface area contributed by atoms with Crippen molar-refractivity contribution < 1.29 is 4.79 Å². The SMILES string of the molecule is Cc1ccc2c(c1)c(=O)c(C(=O)NCCc1ccccc1Cl)nn2C. The highest BCUT2D eigenvalue weighted by molar-refractivity contribution is 6.31. The van der Waals surface area contributed by atoms with Gasteiger partial charge in [-0.25, -0.2) is 0 Å². The Labute approximate surface area is 150 Å². The van der Waals surface area contributed by atoms with Crippen LogP contribution in [0, 0.1) is 6.92 Å². The zero-order chi connectivity index (χ0) is 18.0. The fourth-order valence-electron chi connectivity index (χ4n) is 2.73. The largest absolute Gasteiger partial charge is 0.350 e.